The van der Waals surface area contributed by atoms with Crippen molar-refractivity contribution in [2.24, 2.45) is 0 Å². The second-order valence-electron chi connectivity index (χ2n) is 0.465. The standard InChI is InChI=1S/C3H3Se2/c4-2-1-3-5/h1-3H/b2-1+. The summed E-state index contributed by atoms with van der Waals surface area (Å²) in [5.41, 5.74) is 0. The molecule has 0 aliphatic carbocycles. The monoisotopic (exact) mass is 199 g/mol. The van der Waals surface area contributed by atoms with Crippen molar-refractivity contribution in [3.63, 3.8) is 0 Å². The molecule has 0 aliphatic rings. The maximum atomic E-state index is 2.71. The van der Waals surface area contributed by atoms with Crippen molar-refractivity contribution < 1.29 is 0 Å². The van der Waals surface area contributed by atoms with Crippen LogP contribution in [0.4, 0.5) is 0 Å². The molecule has 0 rings (SSSR count). The van der Waals surface area contributed by atoms with E-state index in [0.29, 0.717) is 0 Å². The van der Waals surface area contributed by atoms with Crippen LogP contribution in [0.3, 0.4) is 0 Å². The molecule has 0 aromatic rings. The van der Waals surface area contributed by atoms with Gasteiger partial charge in [0.1, 0.15) is 0 Å². The van der Waals surface area contributed by atoms with Crippen LogP contribution in [0.5, 0.6) is 0 Å². The summed E-state index contributed by atoms with van der Waals surface area (Å²) in [6.45, 7) is 0. The summed E-state index contributed by atoms with van der Waals surface area (Å²) in [6, 6.07) is 0. The number of hydrogen-bond donors (Lipinski definition) is 0. The number of rotatable bonds is 1. The summed E-state index contributed by atoms with van der Waals surface area (Å²) in [5, 5.41) is 0. The predicted octanol–water partition coefficient (Wildman–Crippen LogP) is -0.361. The molecule has 0 saturated carbocycles. The zero-order chi connectivity index (χ0) is 4.12. The van der Waals surface area contributed by atoms with Crippen LogP contribution >= 0.6 is 0 Å². The summed E-state index contributed by atoms with van der Waals surface area (Å²) >= 11 is 5.42. The molecule has 0 fully saturated rings. The summed E-state index contributed by atoms with van der Waals surface area (Å²) in [7, 11) is 0. The Kier molecular flexibility index (Phi) is 5.25. The average Bonchev–Trinajstić information content (AvgIpc) is 1.41. The van der Waals surface area contributed by atoms with Gasteiger partial charge >= 0.3 is 47.6 Å². The molecule has 0 N–H and O–H groups in total. The fourth-order valence-electron chi connectivity index (χ4n) is 0.0321. The van der Waals surface area contributed by atoms with E-state index in [-0.39, 0.29) is 0 Å². The maximum absolute atomic E-state index is 2.71. The van der Waals surface area contributed by atoms with E-state index < -0.39 is 0 Å². The fourth-order valence-corrected chi connectivity index (χ4v) is 0.866. The Morgan fingerprint density at radius 1 is 1.40 bits per heavy atom. The van der Waals surface area contributed by atoms with Gasteiger partial charge in [0, 0.05) is 0 Å². The van der Waals surface area contributed by atoms with Gasteiger partial charge in [0.05, 0.1) is 0 Å². The van der Waals surface area contributed by atoms with E-state index >= 15 is 0 Å². The van der Waals surface area contributed by atoms with Gasteiger partial charge in [0.25, 0.3) is 0 Å². The van der Waals surface area contributed by atoms with Gasteiger partial charge in [0.2, 0.25) is 0 Å². The second kappa shape index (κ2) is 4.65. The van der Waals surface area contributed by atoms with E-state index in [2.05, 4.69) is 31.6 Å². The SMILES string of the molecule is [Se]/C=C/C=[Se]. The Morgan fingerprint density at radius 2 is 2.00 bits per heavy atom. The molecule has 0 aliphatic heterocycles. The average molecular weight is 197 g/mol. The zero-order valence-electron chi connectivity index (χ0n) is 2.55. The zero-order valence-corrected chi connectivity index (χ0v) is 5.97. The van der Waals surface area contributed by atoms with Crippen molar-refractivity contribution in [3.05, 3.63) is 11.1 Å². The molecule has 0 nitrogen and oxygen atoms in total. The van der Waals surface area contributed by atoms with Gasteiger partial charge in [-0.1, -0.05) is 0 Å². The molecule has 0 heterocycles. The Hall–Kier alpha value is 0.649. The van der Waals surface area contributed by atoms with Crippen LogP contribution in [0.1, 0.15) is 0 Å². The van der Waals surface area contributed by atoms with E-state index in [9.17, 15) is 0 Å². The topological polar surface area (TPSA) is 0 Å². The first-order chi connectivity index (χ1) is 2.41. The normalized spacial score (nSPS) is 8.80. The molecule has 27 valence electrons. The van der Waals surface area contributed by atoms with E-state index in [1.165, 1.54) is 0 Å². The van der Waals surface area contributed by atoms with Crippen molar-refractivity contribution in [3.8, 4) is 0 Å². The third-order valence-corrected chi connectivity index (χ3v) is 0.816. The minimum atomic E-state index is 1.84. The number of hydrogen-bond acceptors (Lipinski definition) is 0. The van der Waals surface area contributed by atoms with Gasteiger partial charge < -0.3 is 0 Å². The molecular formula is C3H3Se2. The third kappa shape index (κ3) is 4.65. The minimum absolute atomic E-state index is 1.84. The van der Waals surface area contributed by atoms with Crippen LogP contribution in [0.25, 0.3) is 0 Å². The Bertz CT molecular complexity index is 46.9. The summed E-state index contributed by atoms with van der Waals surface area (Å²) < 4.78 is 0. The first-order valence-electron chi connectivity index (χ1n) is 1.14. The summed E-state index contributed by atoms with van der Waals surface area (Å²) in [4.78, 5) is 3.69. The molecule has 0 aromatic heterocycles. The molecule has 0 atom stereocenters. The van der Waals surface area contributed by atoms with Gasteiger partial charge in [0.15, 0.2) is 0 Å². The van der Waals surface area contributed by atoms with Gasteiger partial charge in [-0.05, 0) is 0 Å². The molecule has 0 aromatic carbocycles. The first-order valence-corrected chi connectivity index (χ1v) is 3.12. The van der Waals surface area contributed by atoms with Gasteiger partial charge in [-0.2, -0.15) is 0 Å². The van der Waals surface area contributed by atoms with Crippen molar-refractivity contribution in [2.75, 3.05) is 0 Å². The van der Waals surface area contributed by atoms with E-state index in [1.807, 2.05) is 16.0 Å². The van der Waals surface area contributed by atoms with Gasteiger partial charge in [-0.3, -0.25) is 0 Å². The van der Waals surface area contributed by atoms with Crippen LogP contribution in [0.2, 0.25) is 0 Å². The second-order valence-corrected chi connectivity index (χ2v) is 1.61. The molecule has 1 radical (unpaired) electrons. The molecule has 5 heavy (non-hydrogen) atoms. The molecule has 2 heteroatoms. The van der Waals surface area contributed by atoms with Gasteiger partial charge in [-0.25, -0.2) is 0 Å². The van der Waals surface area contributed by atoms with Crippen LogP contribution in [-0.2, 0) is 0 Å². The van der Waals surface area contributed by atoms with Crippen molar-refractivity contribution in [1.82, 2.24) is 0 Å². The summed E-state index contributed by atoms with van der Waals surface area (Å²) in [6.07, 6.45) is 1.89. The molecule has 0 bridgehead atoms. The van der Waals surface area contributed by atoms with Crippen molar-refractivity contribution in [2.45, 2.75) is 0 Å². The first kappa shape index (κ1) is 5.65. The van der Waals surface area contributed by atoms with E-state index in [1.54, 1.807) is 0 Å². The third-order valence-electron chi connectivity index (χ3n) is 0.157. The van der Waals surface area contributed by atoms with Crippen LogP contribution in [0.15, 0.2) is 11.1 Å². The Labute approximate surface area is 47.8 Å². The molecule has 0 unspecified atom stereocenters. The Balaban J connectivity index is 2.92. The molecule has 0 spiro atoms. The van der Waals surface area contributed by atoms with Crippen molar-refractivity contribution >= 4 is 36.5 Å². The fraction of sp³-hybridized carbons (Fsp3) is 0. The van der Waals surface area contributed by atoms with Gasteiger partial charge in [-0.15, -0.1) is 0 Å². The molecular weight excluding hydrogens is 194 g/mol. The quantitative estimate of drug-likeness (QED) is 0.503. The predicted molar refractivity (Wildman–Crippen MR) is 26.7 cm³/mol. The van der Waals surface area contributed by atoms with Crippen molar-refractivity contribution in [1.29, 1.82) is 0 Å². The molecule has 0 saturated heterocycles. The van der Waals surface area contributed by atoms with E-state index in [4.69, 9.17) is 0 Å². The van der Waals surface area contributed by atoms with Crippen LogP contribution in [-0.4, -0.2) is 36.5 Å². The molecule has 0 amide bonds. The number of allylic oxidation sites excluding steroid dienone is 1. The summed E-state index contributed by atoms with van der Waals surface area (Å²) in [5.74, 6) is 0. The van der Waals surface area contributed by atoms with Crippen LogP contribution < -0.4 is 0 Å². The van der Waals surface area contributed by atoms with Crippen LogP contribution in [0, 0.1) is 0 Å². The van der Waals surface area contributed by atoms with E-state index in [0.717, 1.165) is 0 Å². The Morgan fingerprint density at radius 3 is 2.00 bits per heavy atom.